The first-order valence-corrected chi connectivity index (χ1v) is 14.9. The molecule has 9 nitrogen and oxygen atoms in total. The van der Waals surface area contributed by atoms with Crippen molar-refractivity contribution in [3.63, 3.8) is 0 Å². The van der Waals surface area contributed by atoms with Gasteiger partial charge in [-0.1, -0.05) is 52.1 Å². The van der Waals surface area contributed by atoms with Gasteiger partial charge in [-0.2, -0.15) is 0 Å². The quantitative estimate of drug-likeness (QED) is 0.381. The third-order valence-corrected chi connectivity index (χ3v) is 9.34. The largest absolute Gasteiger partial charge is 0.487 e. The van der Waals surface area contributed by atoms with Gasteiger partial charge in [0.25, 0.3) is 5.91 Å². The number of benzene rings is 2. The van der Waals surface area contributed by atoms with Crippen molar-refractivity contribution in [2.45, 2.75) is 58.2 Å². The van der Waals surface area contributed by atoms with Crippen molar-refractivity contribution in [3.8, 4) is 5.75 Å². The van der Waals surface area contributed by atoms with Crippen LogP contribution in [0.3, 0.4) is 0 Å². The number of aliphatic carboxylic acids is 1. The van der Waals surface area contributed by atoms with E-state index in [4.69, 9.17) is 9.26 Å². The number of nitrogens with zero attached hydrogens (tertiary/aromatic N) is 3. The van der Waals surface area contributed by atoms with Gasteiger partial charge in [0.2, 0.25) is 5.91 Å². The summed E-state index contributed by atoms with van der Waals surface area (Å²) < 4.78 is 12.4. The van der Waals surface area contributed by atoms with Crippen molar-refractivity contribution in [1.29, 1.82) is 0 Å². The molecule has 1 fully saturated rings. The molecule has 3 heterocycles. The standard InChI is InChI=1S/C31H32BrN3O6/c1-18-14-20(33-41-18)17-40-27-11-10-25(32)24-12-13-35(30(37)22-8-4-5-9-23(22)31(38)39)26(28(24)27)16-34-15-19-6-2-3-7-21(19)29(34)36/h2-3,6-7,10-11,14,22-23,26H,4-5,8-9,12-13,15-17H2,1H3,(H,38,39)/t22-,23+,26-/m1/s1. The summed E-state index contributed by atoms with van der Waals surface area (Å²) in [5.41, 5.74) is 4.14. The number of aromatic nitrogens is 1. The second-order valence-electron chi connectivity index (χ2n) is 11.1. The van der Waals surface area contributed by atoms with Gasteiger partial charge in [-0.25, -0.2) is 0 Å². The minimum absolute atomic E-state index is 0.0725. The Kier molecular flexibility index (Phi) is 7.59. The van der Waals surface area contributed by atoms with Gasteiger partial charge in [0.05, 0.1) is 17.9 Å². The summed E-state index contributed by atoms with van der Waals surface area (Å²) in [6.07, 6.45) is 3.26. The van der Waals surface area contributed by atoms with Gasteiger partial charge in [0.15, 0.2) is 0 Å². The predicted molar refractivity (Wildman–Crippen MR) is 152 cm³/mol. The summed E-state index contributed by atoms with van der Waals surface area (Å²) in [5.74, 6) is -1.16. The Balaban J connectivity index is 1.38. The maximum atomic E-state index is 14.2. The average molecular weight is 623 g/mol. The highest BCUT2D eigenvalue weighted by Crippen LogP contribution is 2.44. The van der Waals surface area contributed by atoms with Crippen LogP contribution in [0.5, 0.6) is 5.75 Å². The lowest BCUT2D eigenvalue weighted by atomic mass is 9.77. The number of carbonyl (C=O) groups is 3. The molecule has 10 heteroatoms. The fourth-order valence-electron chi connectivity index (χ4n) is 6.60. The van der Waals surface area contributed by atoms with Gasteiger partial charge in [0, 0.05) is 41.3 Å². The molecule has 1 aliphatic carbocycles. The van der Waals surface area contributed by atoms with Crippen LogP contribution in [0.25, 0.3) is 0 Å². The predicted octanol–water partition coefficient (Wildman–Crippen LogP) is 5.30. The van der Waals surface area contributed by atoms with Crippen LogP contribution in [0.4, 0.5) is 0 Å². The molecule has 2 aliphatic heterocycles. The van der Waals surface area contributed by atoms with Crippen molar-refractivity contribution in [2.75, 3.05) is 13.1 Å². The van der Waals surface area contributed by atoms with E-state index in [9.17, 15) is 19.5 Å². The van der Waals surface area contributed by atoms with Crippen molar-refractivity contribution >= 4 is 33.7 Å². The van der Waals surface area contributed by atoms with Gasteiger partial charge in [-0.05, 0) is 55.5 Å². The SMILES string of the molecule is Cc1cc(COc2ccc(Br)c3c2[C@@H](CN2Cc4ccccc4C2=O)N(C(=O)[C@@H]2CCCC[C@@H]2C(=O)O)CC3)no1. The minimum Gasteiger partial charge on any atom is -0.487 e. The zero-order chi connectivity index (χ0) is 28.7. The topological polar surface area (TPSA) is 113 Å². The van der Waals surface area contributed by atoms with Crippen molar-refractivity contribution in [2.24, 2.45) is 11.8 Å². The summed E-state index contributed by atoms with van der Waals surface area (Å²) in [6, 6.07) is 12.7. The number of hydrogen-bond donors (Lipinski definition) is 1. The maximum Gasteiger partial charge on any atom is 0.307 e. The molecule has 214 valence electrons. The zero-order valence-electron chi connectivity index (χ0n) is 22.8. The molecule has 3 atom stereocenters. The Bertz CT molecular complexity index is 1500. The highest BCUT2D eigenvalue weighted by atomic mass is 79.9. The Hall–Kier alpha value is -3.66. The Morgan fingerprint density at radius 2 is 1.93 bits per heavy atom. The number of rotatable bonds is 7. The fraction of sp³-hybridized carbons (Fsp3) is 0.419. The zero-order valence-corrected chi connectivity index (χ0v) is 24.4. The molecular formula is C31H32BrN3O6. The van der Waals surface area contributed by atoms with E-state index in [-0.39, 0.29) is 25.0 Å². The van der Waals surface area contributed by atoms with Crippen LogP contribution in [-0.2, 0) is 29.2 Å². The molecule has 2 amide bonds. The summed E-state index contributed by atoms with van der Waals surface area (Å²) in [6.45, 7) is 3.15. The van der Waals surface area contributed by atoms with Crippen molar-refractivity contribution in [1.82, 2.24) is 15.0 Å². The van der Waals surface area contributed by atoms with E-state index in [0.717, 1.165) is 34.0 Å². The molecule has 1 aromatic heterocycles. The van der Waals surface area contributed by atoms with Gasteiger partial charge in [0.1, 0.15) is 23.8 Å². The first kappa shape index (κ1) is 27.5. The van der Waals surface area contributed by atoms with E-state index in [0.29, 0.717) is 55.1 Å². The second kappa shape index (κ2) is 11.3. The van der Waals surface area contributed by atoms with Crippen LogP contribution >= 0.6 is 15.9 Å². The summed E-state index contributed by atoms with van der Waals surface area (Å²) in [4.78, 5) is 43.4. The van der Waals surface area contributed by atoms with Crippen LogP contribution in [0.2, 0.25) is 0 Å². The van der Waals surface area contributed by atoms with Crippen LogP contribution in [0.15, 0.2) is 51.5 Å². The van der Waals surface area contributed by atoms with Crippen LogP contribution in [0.1, 0.15) is 70.2 Å². The van der Waals surface area contributed by atoms with E-state index < -0.39 is 23.8 Å². The Labute approximate surface area is 246 Å². The average Bonchev–Trinajstić information content (AvgIpc) is 3.54. The number of hydrogen-bond acceptors (Lipinski definition) is 6. The van der Waals surface area contributed by atoms with Gasteiger partial charge >= 0.3 is 5.97 Å². The number of ether oxygens (including phenoxy) is 1. The molecule has 0 spiro atoms. The van der Waals surface area contributed by atoms with E-state index >= 15 is 0 Å². The first-order valence-electron chi connectivity index (χ1n) is 14.1. The van der Waals surface area contributed by atoms with Crippen LogP contribution in [0, 0.1) is 18.8 Å². The molecule has 41 heavy (non-hydrogen) atoms. The van der Waals surface area contributed by atoms with Gasteiger partial charge in [-0.15, -0.1) is 0 Å². The van der Waals surface area contributed by atoms with E-state index in [1.807, 2.05) is 54.3 Å². The lowest BCUT2D eigenvalue weighted by Crippen LogP contribution is -2.50. The minimum atomic E-state index is -0.920. The smallest absolute Gasteiger partial charge is 0.307 e. The van der Waals surface area contributed by atoms with Crippen molar-refractivity contribution in [3.05, 3.63) is 80.6 Å². The molecule has 0 saturated heterocycles. The molecule has 0 radical (unpaired) electrons. The highest BCUT2D eigenvalue weighted by Gasteiger charge is 2.44. The van der Waals surface area contributed by atoms with Gasteiger partial charge in [-0.3, -0.25) is 14.4 Å². The highest BCUT2D eigenvalue weighted by molar-refractivity contribution is 9.10. The van der Waals surface area contributed by atoms with E-state index in [1.165, 1.54) is 0 Å². The molecule has 0 bridgehead atoms. The second-order valence-corrected chi connectivity index (χ2v) is 12.0. The van der Waals surface area contributed by atoms with Crippen LogP contribution in [-0.4, -0.2) is 50.9 Å². The molecule has 0 unspecified atom stereocenters. The Morgan fingerprint density at radius 3 is 2.66 bits per heavy atom. The monoisotopic (exact) mass is 621 g/mol. The van der Waals surface area contributed by atoms with E-state index in [2.05, 4.69) is 21.1 Å². The molecule has 3 aliphatic rings. The van der Waals surface area contributed by atoms with E-state index in [1.54, 1.807) is 4.90 Å². The molecule has 3 aromatic rings. The fourth-order valence-corrected chi connectivity index (χ4v) is 7.15. The number of fused-ring (bicyclic) bond motifs is 2. The number of halogens is 1. The number of carboxylic acid groups (broad SMARTS) is 1. The maximum absolute atomic E-state index is 14.2. The van der Waals surface area contributed by atoms with Crippen LogP contribution < -0.4 is 4.74 Å². The number of amides is 2. The number of carbonyl (C=O) groups excluding carboxylic acids is 2. The first-order chi connectivity index (χ1) is 19.8. The molecule has 1 N–H and O–H groups in total. The normalized spacial score (nSPS) is 21.9. The third-order valence-electron chi connectivity index (χ3n) is 8.60. The molecule has 6 rings (SSSR count). The lowest BCUT2D eigenvalue weighted by molar-refractivity contribution is -0.153. The lowest BCUT2D eigenvalue weighted by Gasteiger charge is -2.43. The summed E-state index contributed by atoms with van der Waals surface area (Å²) in [7, 11) is 0. The summed E-state index contributed by atoms with van der Waals surface area (Å²) in [5, 5.41) is 14.0. The van der Waals surface area contributed by atoms with Gasteiger partial charge < -0.3 is 24.2 Å². The molecule has 1 saturated carbocycles. The summed E-state index contributed by atoms with van der Waals surface area (Å²) >= 11 is 3.71. The Morgan fingerprint density at radius 1 is 1.15 bits per heavy atom. The third kappa shape index (κ3) is 5.25. The molecule has 2 aromatic carbocycles. The van der Waals surface area contributed by atoms with Crippen molar-refractivity contribution < 1.29 is 28.8 Å². The molecular weight excluding hydrogens is 590 g/mol. The number of aryl methyl sites for hydroxylation is 1. The number of carboxylic acids is 1.